The van der Waals surface area contributed by atoms with Gasteiger partial charge >= 0.3 is 5.97 Å². The molecule has 0 bridgehead atoms. The van der Waals surface area contributed by atoms with Gasteiger partial charge in [0.25, 0.3) is 0 Å². The zero-order valence-electron chi connectivity index (χ0n) is 17.1. The van der Waals surface area contributed by atoms with Crippen LogP contribution in [0.25, 0.3) is 22.0 Å². The van der Waals surface area contributed by atoms with Gasteiger partial charge in [0.15, 0.2) is 0 Å². The first-order chi connectivity index (χ1) is 14.2. The van der Waals surface area contributed by atoms with Crippen LogP contribution in [-0.2, 0) is 9.53 Å². The van der Waals surface area contributed by atoms with E-state index in [0.29, 0.717) is 18.6 Å². The van der Waals surface area contributed by atoms with Crippen LogP contribution in [0.5, 0.6) is 0 Å². The maximum atomic E-state index is 12.6. The van der Waals surface area contributed by atoms with Crippen LogP contribution < -0.4 is 0 Å². The van der Waals surface area contributed by atoms with Gasteiger partial charge in [-0.05, 0) is 42.7 Å². The predicted octanol–water partition coefficient (Wildman–Crippen LogP) is 5.65. The Morgan fingerprint density at radius 1 is 1.17 bits per heavy atom. The Morgan fingerprint density at radius 3 is 2.76 bits per heavy atom. The zero-order valence-corrected chi connectivity index (χ0v) is 17.1. The lowest BCUT2D eigenvalue weighted by molar-refractivity contribution is -0.147. The molecule has 0 fully saturated rings. The maximum Gasteiger partial charge on any atom is 0.330 e. The molecule has 0 aliphatic rings. The molecule has 0 spiro atoms. The molecule has 0 aliphatic heterocycles. The van der Waals surface area contributed by atoms with E-state index in [9.17, 15) is 10.1 Å². The van der Waals surface area contributed by atoms with Crippen LogP contribution in [0.15, 0.2) is 48.7 Å². The van der Waals surface area contributed by atoms with Crippen LogP contribution >= 0.6 is 0 Å². The van der Waals surface area contributed by atoms with Gasteiger partial charge in [-0.3, -0.25) is 4.68 Å². The molecule has 3 rings (SSSR count). The molecule has 1 unspecified atom stereocenters. The molecule has 0 amide bonds. The van der Waals surface area contributed by atoms with Gasteiger partial charge < -0.3 is 4.74 Å². The van der Waals surface area contributed by atoms with E-state index < -0.39 is 6.04 Å². The van der Waals surface area contributed by atoms with Gasteiger partial charge in [0, 0.05) is 5.39 Å². The number of hydrogen-bond donors (Lipinski definition) is 0. The van der Waals surface area contributed by atoms with E-state index in [2.05, 4.69) is 18.1 Å². The maximum absolute atomic E-state index is 12.6. The smallest absolute Gasteiger partial charge is 0.330 e. The highest BCUT2D eigenvalue weighted by molar-refractivity contribution is 5.87. The lowest BCUT2D eigenvalue weighted by Gasteiger charge is -2.17. The van der Waals surface area contributed by atoms with Crippen LogP contribution in [0, 0.1) is 11.3 Å². The number of esters is 1. The van der Waals surface area contributed by atoms with Gasteiger partial charge in [0.1, 0.15) is 6.04 Å². The molecule has 5 nitrogen and oxygen atoms in total. The number of carbonyl (C=O) groups is 1. The summed E-state index contributed by atoms with van der Waals surface area (Å²) in [7, 11) is 0. The standard InChI is InChI=1S/C24H27N3O2/c1-3-5-6-7-12-23(24(28)29-4-2)27-22-14-13-18(15-20(22)17-26-27)21-11-9-8-10-19(21)16-25/h8-11,13-15,17,23H,3-7,12H2,1-2H3. The summed E-state index contributed by atoms with van der Waals surface area (Å²) in [6, 6.07) is 15.4. The van der Waals surface area contributed by atoms with Crippen LogP contribution in [0.4, 0.5) is 0 Å². The Balaban J connectivity index is 1.94. The van der Waals surface area contributed by atoms with Gasteiger partial charge in [-0.25, -0.2) is 4.79 Å². The Kier molecular flexibility index (Phi) is 7.02. The van der Waals surface area contributed by atoms with E-state index in [-0.39, 0.29) is 5.97 Å². The Morgan fingerprint density at radius 2 is 2.00 bits per heavy atom. The van der Waals surface area contributed by atoms with Crippen molar-refractivity contribution >= 4 is 16.9 Å². The lowest BCUT2D eigenvalue weighted by Crippen LogP contribution is -2.23. The highest BCUT2D eigenvalue weighted by atomic mass is 16.5. The highest BCUT2D eigenvalue weighted by Gasteiger charge is 2.24. The number of nitrogens with zero attached hydrogens (tertiary/aromatic N) is 3. The molecule has 150 valence electrons. The van der Waals surface area contributed by atoms with E-state index >= 15 is 0 Å². The third-order valence-corrected chi connectivity index (χ3v) is 5.14. The Labute approximate surface area is 171 Å². The first-order valence-corrected chi connectivity index (χ1v) is 10.3. The van der Waals surface area contributed by atoms with Crippen LogP contribution in [0.1, 0.15) is 57.6 Å². The highest BCUT2D eigenvalue weighted by Crippen LogP contribution is 2.29. The van der Waals surface area contributed by atoms with Crippen LogP contribution in [0.3, 0.4) is 0 Å². The summed E-state index contributed by atoms with van der Waals surface area (Å²) in [5.41, 5.74) is 3.40. The average molecular weight is 389 g/mol. The van der Waals surface area contributed by atoms with Crippen LogP contribution in [-0.4, -0.2) is 22.4 Å². The van der Waals surface area contributed by atoms with Crippen molar-refractivity contribution in [2.45, 2.75) is 52.0 Å². The molecule has 5 heteroatoms. The second-order valence-corrected chi connectivity index (χ2v) is 7.14. The molecule has 1 atom stereocenters. The minimum Gasteiger partial charge on any atom is -0.464 e. The van der Waals surface area contributed by atoms with E-state index in [1.165, 1.54) is 0 Å². The van der Waals surface area contributed by atoms with Crippen molar-refractivity contribution < 1.29 is 9.53 Å². The third kappa shape index (κ3) is 4.65. The molecule has 1 aromatic heterocycles. The topological polar surface area (TPSA) is 67.9 Å². The predicted molar refractivity (Wildman–Crippen MR) is 114 cm³/mol. The number of rotatable bonds is 9. The number of hydrogen-bond acceptors (Lipinski definition) is 4. The van der Waals surface area contributed by atoms with Gasteiger partial charge in [-0.1, -0.05) is 56.9 Å². The van der Waals surface area contributed by atoms with E-state index in [1.54, 1.807) is 10.9 Å². The zero-order chi connectivity index (χ0) is 20.6. The summed E-state index contributed by atoms with van der Waals surface area (Å²) in [6.45, 7) is 4.36. The second-order valence-electron chi connectivity index (χ2n) is 7.14. The van der Waals surface area contributed by atoms with Gasteiger partial charge in [-0.2, -0.15) is 10.4 Å². The van der Waals surface area contributed by atoms with Crippen molar-refractivity contribution in [1.29, 1.82) is 5.26 Å². The van der Waals surface area contributed by atoms with Gasteiger partial charge in [-0.15, -0.1) is 0 Å². The normalized spacial score (nSPS) is 11.9. The van der Waals surface area contributed by atoms with Crippen molar-refractivity contribution in [3.63, 3.8) is 0 Å². The molecule has 29 heavy (non-hydrogen) atoms. The first-order valence-electron chi connectivity index (χ1n) is 10.3. The summed E-state index contributed by atoms with van der Waals surface area (Å²) < 4.78 is 7.11. The molecule has 0 saturated heterocycles. The van der Waals surface area contributed by atoms with Crippen molar-refractivity contribution in [2.24, 2.45) is 0 Å². The molecule has 2 aromatic carbocycles. The Bertz CT molecular complexity index is 1020. The fourth-order valence-corrected chi connectivity index (χ4v) is 3.64. The van der Waals surface area contributed by atoms with Crippen LogP contribution in [0.2, 0.25) is 0 Å². The largest absolute Gasteiger partial charge is 0.464 e. The summed E-state index contributed by atoms with van der Waals surface area (Å²) in [5, 5.41) is 14.9. The third-order valence-electron chi connectivity index (χ3n) is 5.14. The second kappa shape index (κ2) is 9.88. The summed E-state index contributed by atoms with van der Waals surface area (Å²) in [4.78, 5) is 12.6. The van der Waals surface area contributed by atoms with E-state index in [0.717, 1.165) is 47.7 Å². The van der Waals surface area contributed by atoms with Crippen molar-refractivity contribution in [1.82, 2.24) is 9.78 Å². The summed E-state index contributed by atoms with van der Waals surface area (Å²) >= 11 is 0. The average Bonchev–Trinajstić information content (AvgIpc) is 3.16. The van der Waals surface area contributed by atoms with Crippen molar-refractivity contribution in [2.75, 3.05) is 6.61 Å². The number of ether oxygens (including phenoxy) is 1. The van der Waals surface area contributed by atoms with E-state index in [4.69, 9.17) is 4.74 Å². The van der Waals surface area contributed by atoms with E-state index in [1.807, 2.05) is 49.4 Å². The fourth-order valence-electron chi connectivity index (χ4n) is 3.64. The minimum absolute atomic E-state index is 0.229. The van der Waals surface area contributed by atoms with Crippen molar-refractivity contribution in [3.05, 3.63) is 54.2 Å². The van der Waals surface area contributed by atoms with Crippen molar-refractivity contribution in [3.8, 4) is 17.2 Å². The minimum atomic E-state index is -0.415. The Hall–Kier alpha value is -3.13. The number of fused-ring (bicyclic) bond motifs is 1. The number of nitriles is 1. The molecule has 1 heterocycles. The summed E-state index contributed by atoms with van der Waals surface area (Å²) in [5.74, 6) is -0.229. The number of benzene rings is 2. The number of unbranched alkanes of at least 4 members (excludes halogenated alkanes) is 3. The molecule has 3 aromatic rings. The molecule has 0 aliphatic carbocycles. The first kappa shape index (κ1) is 20.6. The monoisotopic (exact) mass is 389 g/mol. The molecule has 0 N–H and O–H groups in total. The quantitative estimate of drug-likeness (QED) is 0.350. The fraction of sp³-hybridized carbons (Fsp3) is 0.375. The number of carbonyl (C=O) groups excluding carboxylic acids is 1. The van der Waals surface area contributed by atoms with Gasteiger partial charge in [0.2, 0.25) is 0 Å². The molecule has 0 saturated carbocycles. The lowest BCUT2D eigenvalue weighted by atomic mass is 9.99. The molecular weight excluding hydrogens is 362 g/mol. The SMILES string of the molecule is CCCCCCC(C(=O)OCC)n1ncc2cc(-c3ccccc3C#N)ccc21. The molecule has 0 radical (unpaired) electrons. The summed E-state index contributed by atoms with van der Waals surface area (Å²) in [6.07, 6.45) is 6.88. The number of aromatic nitrogens is 2. The molecular formula is C24H27N3O2. The van der Waals surface area contributed by atoms with Gasteiger partial charge in [0.05, 0.1) is 30.0 Å².